The summed E-state index contributed by atoms with van der Waals surface area (Å²) in [4.78, 5) is 16.6. The van der Waals surface area contributed by atoms with E-state index in [0.29, 0.717) is 26.2 Å². The van der Waals surface area contributed by atoms with E-state index in [4.69, 9.17) is 0 Å². The number of sulfonamides is 1. The van der Waals surface area contributed by atoms with E-state index in [1.807, 2.05) is 30.3 Å². The van der Waals surface area contributed by atoms with Crippen LogP contribution in [0.25, 0.3) is 0 Å². The number of carbonyl (C=O) groups is 1. The first-order valence-corrected chi connectivity index (χ1v) is 10.7. The number of hydrogen-bond donors (Lipinski definition) is 0. The number of amides is 1. The largest absolute Gasteiger partial charge is 0.368 e. The Labute approximate surface area is 165 Å². The molecule has 2 aromatic rings. The van der Waals surface area contributed by atoms with Crippen molar-refractivity contribution in [2.75, 3.05) is 44.2 Å². The van der Waals surface area contributed by atoms with E-state index in [1.165, 1.54) is 12.1 Å². The molecule has 0 saturated carbocycles. The van der Waals surface area contributed by atoms with Crippen LogP contribution in [0, 0.1) is 5.82 Å². The maximum Gasteiger partial charge on any atom is 0.243 e. The molecule has 0 spiro atoms. The second-order valence-electron chi connectivity index (χ2n) is 6.59. The number of benzene rings is 2. The number of piperazine rings is 1. The maximum absolute atomic E-state index is 13.1. The van der Waals surface area contributed by atoms with Crippen LogP contribution in [0.3, 0.4) is 0 Å². The number of rotatable bonds is 6. The van der Waals surface area contributed by atoms with E-state index in [-0.39, 0.29) is 23.9 Å². The van der Waals surface area contributed by atoms with Crippen LogP contribution >= 0.6 is 0 Å². The molecule has 0 aliphatic carbocycles. The minimum Gasteiger partial charge on any atom is -0.368 e. The molecule has 1 heterocycles. The minimum atomic E-state index is -3.85. The van der Waals surface area contributed by atoms with Gasteiger partial charge >= 0.3 is 0 Å². The van der Waals surface area contributed by atoms with Crippen LogP contribution in [-0.2, 0) is 14.8 Å². The van der Waals surface area contributed by atoms with Crippen molar-refractivity contribution in [1.29, 1.82) is 0 Å². The van der Waals surface area contributed by atoms with Crippen molar-refractivity contribution in [3.8, 4) is 0 Å². The fourth-order valence-corrected chi connectivity index (χ4v) is 4.62. The van der Waals surface area contributed by atoms with Crippen molar-refractivity contribution in [2.45, 2.75) is 11.8 Å². The first-order valence-electron chi connectivity index (χ1n) is 9.25. The molecule has 3 rings (SSSR count). The van der Waals surface area contributed by atoms with E-state index < -0.39 is 15.8 Å². The van der Waals surface area contributed by atoms with Gasteiger partial charge in [-0.25, -0.2) is 12.8 Å². The molecule has 0 unspecified atom stereocenters. The zero-order valence-corrected chi connectivity index (χ0v) is 16.6. The summed E-state index contributed by atoms with van der Waals surface area (Å²) in [5.74, 6) is -0.727. The summed E-state index contributed by atoms with van der Waals surface area (Å²) in [7, 11) is -3.85. The van der Waals surface area contributed by atoms with Gasteiger partial charge in [0.05, 0.1) is 11.4 Å². The van der Waals surface area contributed by atoms with Gasteiger partial charge < -0.3 is 9.80 Å². The lowest BCUT2D eigenvalue weighted by atomic mass is 10.2. The van der Waals surface area contributed by atoms with E-state index >= 15 is 0 Å². The van der Waals surface area contributed by atoms with Crippen molar-refractivity contribution in [3.63, 3.8) is 0 Å². The van der Waals surface area contributed by atoms with Crippen LogP contribution in [0.2, 0.25) is 0 Å². The summed E-state index contributed by atoms with van der Waals surface area (Å²) < 4.78 is 39.7. The van der Waals surface area contributed by atoms with Gasteiger partial charge in [0, 0.05) is 38.4 Å². The Hall–Kier alpha value is -2.45. The molecule has 1 fully saturated rings. The Morgan fingerprint density at radius 2 is 1.61 bits per heavy atom. The molecule has 1 aliphatic rings. The molecular formula is C20H24FN3O3S. The summed E-state index contributed by atoms with van der Waals surface area (Å²) in [5, 5.41) is 0. The normalized spacial score (nSPS) is 15.1. The number of likely N-dealkylation sites (N-methyl/N-ethyl adjacent to an activating group) is 1. The van der Waals surface area contributed by atoms with Gasteiger partial charge in [0.15, 0.2) is 0 Å². The van der Waals surface area contributed by atoms with E-state index in [1.54, 1.807) is 11.8 Å². The fourth-order valence-electron chi connectivity index (χ4n) is 3.23. The number of anilines is 1. The second kappa shape index (κ2) is 8.70. The SMILES string of the molecule is CCN(CC(=O)N1CCN(c2ccccc2)CC1)S(=O)(=O)c1ccc(F)cc1. The summed E-state index contributed by atoms with van der Waals surface area (Å²) in [5.41, 5.74) is 1.11. The Balaban J connectivity index is 1.62. The van der Waals surface area contributed by atoms with E-state index in [9.17, 15) is 17.6 Å². The van der Waals surface area contributed by atoms with Crippen LogP contribution < -0.4 is 4.90 Å². The lowest BCUT2D eigenvalue weighted by Crippen LogP contribution is -2.51. The van der Waals surface area contributed by atoms with Crippen molar-refractivity contribution in [3.05, 3.63) is 60.4 Å². The first kappa shape index (κ1) is 20.3. The molecule has 28 heavy (non-hydrogen) atoms. The van der Waals surface area contributed by atoms with Crippen molar-refractivity contribution in [1.82, 2.24) is 9.21 Å². The monoisotopic (exact) mass is 405 g/mol. The Morgan fingerprint density at radius 3 is 2.18 bits per heavy atom. The second-order valence-corrected chi connectivity index (χ2v) is 8.53. The minimum absolute atomic E-state index is 0.0163. The van der Waals surface area contributed by atoms with Gasteiger partial charge in [0.25, 0.3) is 0 Å². The highest BCUT2D eigenvalue weighted by atomic mass is 32.2. The van der Waals surface area contributed by atoms with Crippen molar-refractivity contribution >= 4 is 21.6 Å². The number of carbonyl (C=O) groups excluding carboxylic acids is 1. The highest BCUT2D eigenvalue weighted by molar-refractivity contribution is 7.89. The van der Waals surface area contributed by atoms with Crippen molar-refractivity contribution < 1.29 is 17.6 Å². The molecule has 0 N–H and O–H groups in total. The third kappa shape index (κ3) is 4.51. The molecule has 1 amide bonds. The molecule has 0 atom stereocenters. The van der Waals surface area contributed by atoms with Crippen LogP contribution in [0.5, 0.6) is 0 Å². The van der Waals surface area contributed by atoms with Gasteiger partial charge in [-0.3, -0.25) is 4.79 Å². The van der Waals surface area contributed by atoms with Crippen LogP contribution in [0.1, 0.15) is 6.92 Å². The van der Waals surface area contributed by atoms with Gasteiger partial charge in [-0.05, 0) is 36.4 Å². The molecule has 2 aromatic carbocycles. The smallest absolute Gasteiger partial charge is 0.243 e. The zero-order chi connectivity index (χ0) is 20.1. The quantitative estimate of drug-likeness (QED) is 0.739. The topological polar surface area (TPSA) is 60.9 Å². The zero-order valence-electron chi connectivity index (χ0n) is 15.8. The molecular weight excluding hydrogens is 381 g/mol. The Kier molecular flexibility index (Phi) is 6.31. The average molecular weight is 405 g/mol. The third-order valence-corrected chi connectivity index (χ3v) is 6.80. The first-order chi connectivity index (χ1) is 13.4. The summed E-state index contributed by atoms with van der Waals surface area (Å²) in [6.07, 6.45) is 0. The van der Waals surface area contributed by atoms with Crippen LogP contribution in [0.15, 0.2) is 59.5 Å². The molecule has 1 saturated heterocycles. The summed E-state index contributed by atoms with van der Waals surface area (Å²) in [6, 6.07) is 14.6. The lowest BCUT2D eigenvalue weighted by molar-refractivity contribution is -0.131. The number of hydrogen-bond acceptors (Lipinski definition) is 4. The molecule has 0 bridgehead atoms. The molecule has 150 valence electrons. The van der Waals surface area contributed by atoms with E-state index in [2.05, 4.69) is 4.90 Å². The lowest BCUT2D eigenvalue weighted by Gasteiger charge is -2.36. The summed E-state index contributed by atoms with van der Waals surface area (Å²) in [6.45, 7) is 4.11. The average Bonchev–Trinajstić information content (AvgIpc) is 2.72. The van der Waals surface area contributed by atoms with Gasteiger partial charge in [0.2, 0.25) is 15.9 Å². The van der Waals surface area contributed by atoms with Crippen LogP contribution in [0.4, 0.5) is 10.1 Å². The molecule has 0 radical (unpaired) electrons. The fraction of sp³-hybridized carbons (Fsp3) is 0.350. The predicted octanol–water partition coefficient (Wildman–Crippen LogP) is 2.19. The van der Waals surface area contributed by atoms with Gasteiger partial charge in [0.1, 0.15) is 5.82 Å². The molecule has 0 aromatic heterocycles. The van der Waals surface area contributed by atoms with Gasteiger partial charge in [-0.1, -0.05) is 25.1 Å². The van der Waals surface area contributed by atoms with Crippen molar-refractivity contribution in [2.24, 2.45) is 0 Å². The maximum atomic E-state index is 13.1. The summed E-state index contributed by atoms with van der Waals surface area (Å²) >= 11 is 0. The highest BCUT2D eigenvalue weighted by Crippen LogP contribution is 2.18. The van der Waals surface area contributed by atoms with E-state index in [0.717, 1.165) is 22.1 Å². The molecule has 1 aliphatic heterocycles. The number of nitrogens with zero attached hydrogens (tertiary/aromatic N) is 3. The van der Waals surface area contributed by atoms with Gasteiger partial charge in [-0.15, -0.1) is 0 Å². The third-order valence-electron chi connectivity index (χ3n) is 4.87. The number of para-hydroxylation sites is 1. The van der Waals surface area contributed by atoms with Crippen LogP contribution in [-0.4, -0.2) is 62.8 Å². The van der Waals surface area contributed by atoms with Gasteiger partial charge in [-0.2, -0.15) is 4.31 Å². The predicted molar refractivity (Wildman–Crippen MR) is 106 cm³/mol. The number of halogens is 1. The highest BCUT2D eigenvalue weighted by Gasteiger charge is 2.28. The Morgan fingerprint density at radius 1 is 1.00 bits per heavy atom. The molecule has 8 heteroatoms. The standard InChI is InChI=1S/C20H24FN3O3S/c1-2-24(28(26,27)19-10-8-17(21)9-11-19)16-20(25)23-14-12-22(13-15-23)18-6-4-3-5-7-18/h3-11H,2,12-16H2,1H3. The Bertz CT molecular complexity index is 896. The molecule has 6 nitrogen and oxygen atoms in total.